The number of phenols is 1. The van der Waals surface area contributed by atoms with Crippen molar-refractivity contribution in [1.29, 1.82) is 0 Å². The molecule has 1 aromatic carbocycles. The Morgan fingerprint density at radius 3 is 2.62 bits per heavy atom. The minimum absolute atomic E-state index is 0.438. The van der Waals surface area contributed by atoms with E-state index in [1.165, 1.54) is 0 Å². The first-order valence-electron chi connectivity index (χ1n) is 4.02. The number of hydrogen-bond donors (Lipinski definition) is 2. The third-order valence-corrected chi connectivity index (χ3v) is 2.63. The second-order valence-electron chi connectivity index (χ2n) is 2.84. The fraction of sp³-hybridized carbons (Fsp3) is 0.222. The van der Waals surface area contributed by atoms with Crippen molar-refractivity contribution in [3.8, 4) is 5.75 Å². The number of carbonyl (C=O) groups is 1. The molecule has 1 atom stereocenters. The summed E-state index contributed by atoms with van der Waals surface area (Å²) in [7, 11) is 0.969. The highest BCUT2D eigenvalue weighted by Crippen LogP contribution is 2.34. The minimum Gasteiger partial charge on any atom is -0.507 e. The Bertz CT molecular complexity index is 436. The van der Waals surface area contributed by atoms with Gasteiger partial charge in [-0.1, -0.05) is 0 Å². The highest BCUT2D eigenvalue weighted by atomic mass is 79.9. The number of halogens is 3. The van der Waals surface area contributed by atoms with Crippen LogP contribution < -0.4 is 0 Å². The molecular weight excluding hydrogens is 290 g/mol. The van der Waals surface area contributed by atoms with Gasteiger partial charge in [-0.25, -0.2) is 13.6 Å². The van der Waals surface area contributed by atoms with Gasteiger partial charge in [0.05, 0.1) is 17.1 Å². The molecule has 0 aliphatic rings. The van der Waals surface area contributed by atoms with Gasteiger partial charge < -0.3 is 14.9 Å². The van der Waals surface area contributed by atoms with Gasteiger partial charge in [0.25, 0.3) is 0 Å². The molecule has 16 heavy (non-hydrogen) atoms. The zero-order valence-electron chi connectivity index (χ0n) is 8.00. The predicted molar refractivity (Wildman–Crippen MR) is 52.7 cm³/mol. The Kier molecular flexibility index (Phi) is 3.82. The molecule has 1 aromatic rings. The molecule has 4 nitrogen and oxygen atoms in total. The molecule has 0 heterocycles. The first-order valence-corrected chi connectivity index (χ1v) is 4.81. The van der Waals surface area contributed by atoms with Crippen molar-refractivity contribution in [3.05, 3.63) is 27.7 Å². The molecule has 2 N–H and O–H groups in total. The van der Waals surface area contributed by atoms with Crippen LogP contribution in [0.2, 0.25) is 0 Å². The first kappa shape index (κ1) is 12.9. The molecule has 88 valence electrons. The zero-order chi connectivity index (χ0) is 12.5. The molecule has 1 unspecified atom stereocenters. The molecule has 0 fully saturated rings. The summed E-state index contributed by atoms with van der Waals surface area (Å²) >= 11 is 2.65. The molecule has 0 saturated heterocycles. The number of esters is 1. The highest BCUT2D eigenvalue weighted by Gasteiger charge is 2.28. The summed E-state index contributed by atoms with van der Waals surface area (Å²) in [6.45, 7) is 0. The molecule has 7 heteroatoms. The maximum absolute atomic E-state index is 13.5. The van der Waals surface area contributed by atoms with Crippen LogP contribution in [0.5, 0.6) is 5.75 Å². The number of carbonyl (C=O) groups excluding carboxylic acids is 1. The lowest BCUT2D eigenvalue weighted by molar-refractivity contribution is -0.151. The number of aromatic hydroxyl groups is 1. The summed E-state index contributed by atoms with van der Waals surface area (Å²) in [5.41, 5.74) is -0.878. The second kappa shape index (κ2) is 4.75. The third-order valence-electron chi connectivity index (χ3n) is 1.87. The third kappa shape index (κ3) is 2.14. The lowest BCUT2D eigenvalue weighted by Crippen LogP contribution is -2.16. The van der Waals surface area contributed by atoms with Gasteiger partial charge in [-0.05, 0) is 15.9 Å². The number of phenolic OH excluding ortho intramolecular Hbond substituents is 1. The van der Waals surface area contributed by atoms with Crippen LogP contribution in [0.25, 0.3) is 0 Å². The van der Waals surface area contributed by atoms with Crippen LogP contribution in [0.4, 0.5) is 8.78 Å². The molecule has 1 rings (SSSR count). The summed E-state index contributed by atoms with van der Waals surface area (Å²) in [5.74, 6) is -4.36. The van der Waals surface area contributed by atoms with Crippen molar-refractivity contribution in [2.75, 3.05) is 7.11 Å². The lowest BCUT2D eigenvalue weighted by Gasteiger charge is -2.12. The van der Waals surface area contributed by atoms with Gasteiger partial charge in [-0.15, -0.1) is 0 Å². The summed E-state index contributed by atoms with van der Waals surface area (Å²) < 4.78 is 30.4. The Morgan fingerprint density at radius 2 is 2.12 bits per heavy atom. The van der Waals surface area contributed by atoms with Crippen molar-refractivity contribution in [2.24, 2.45) is 0 Å². The molecule has 0 bridgehead atoms. The maximum Gasteiger partial charge on any atom is 0.339 e. The summed E-state index contributed by atoms with van der Waals surface area (Å²) in [6.07, 6.45) is -2.08. The quantitative estimate of drug-likeness (QED) is 0.643. The topological polar surface area (TPSA) is 66.8 Å². The number of rotatable bonds is 2. The molecule has 0 amide bonds. The van der Waals surface area contributed by atoms with Crippen LogP contribution in [0.3, 0.4) is 0 Å². The predicted octanol–water partition coefficient (Wildman–Crippen LogP) is 1.64. The Morgan fingerprint density at radius 1 is 1.56 bits per heavy atom. The molecular formula is C9H7BrF2O4. The Labute approximate surface area is 97.6 Å². The second-order valence-corrected chi connectivity index (χ2v) is 3.64. The van der Waals surface area contributed by atoms with Crippen LogP contribution in [0.15, 0.2) is 10.5 Å². The van der Waals surface area contributed by atoms with Crippen molar-refractivity contribution >= 4 is 21.9 Å². The lowest BCUT2D eigenvalue weighted by atomic mass is 10.1. The Balaban J connectivity index is 3.34. The van der Waals surface area contributed by atoms with E-state index in [4.69, 9.17) is 5.11 Å². The number of methoxy groups -OCH3 is 1. The highest BCUT2D eigenvalue weighted by molar-refractivity contribution is 9.10. The number of benzene rings is 1. The summed E-state index contributed by atoms with van der Waals surface area (Å²) in [5, 5.41) is 18.4. The number of aliphatic hydroxyl groups is 1. The average Bonchev–Trinajstić information content (AvgIpc) is 2.24. The molecule has 0 spiro atoms. The first-order chi connectivity index (χ1) is 7.40. The summed E-state index contributed by atoms with van der Waals surface area (Å²) in [4.78, 5) is 10.9. The van der Waals surface area contributed by atoms with E-state index in [0.717, 1.165) is 7.11 Å². The van der Waals surface area contributed by atoms with Crippen LogP contribution in [0.1, 0.15) is 11.7 Å². The van der Waals surface area contributed by atoms with E-state index in [-0.39, 0.29) is 0 Å². The standard InChI is InChI=1S/C9H7BrF2O4/c1-16-9(15)8(14)5-3(11)2-4(13)6(10)7(5)12/h2,8,13-14H,1H3. The number of hydrogen-bond acceptors (Lipinski definition) is 4. The number of ether oxygens (including phenoxy) is 1. The van der Waals surface area contributed by atoms with E-state index in [1.54, 1.807) is 0 Å². The van der Waals surface area contributed by atoms with Gasteiger partial charge in [0.1, 0.15) is 17.4 Å². The largest absolute Gasteiger partial charge is 0.507 e. The van der Waals surface area contributed by atoms with Crippen molar-refractivity contribution in [2.45, 2.75) is 6.10 Å². The molecule has 0 saturated carbocycles. The van der Waals surface area contributed by atoms with E-state index < -0.39 is 39.5 Å². The smallest absolute Gasteiger partial charge is 0.339 e. The van der Waals surface area contributed by atoms with Crippen molar-refractivity contribution < 1.29 is 28.5 Å². The SMILES string of the molecule is COC(=O)C(O)c1c(F)cc(O)c(Br)c1F. The number of aliphatic hydroxyl groups excluding tert-OH is 1. The van der Waals surface area contributed by atoms with E-state index in [1.807, 2.05) is 0 Å². The molecule has 0 aromatic heterocycles. The van der Waals surface area contributed by atoms with E-state index in [9.17, 15) is 18.7 Å². The Hall–Kier alpha value is -1.21. The molecule has 0 aliphatic carbocycles. The van der Waals surface area contributed by atoms with Gasteiger partial charge in [-0.3, -0.25) is 0 Å². The van der Waals surface area contributed by atoms with Gasteiger partial charge in [-0.2, -0.15) is 0 Å². The van der Waals surface area contributed by atoms with Gasteiger partial charge in [0.2, 0.25) is 0 Å². The normalized spacial score (nSPS) is 12.3. The molecule has 0 aliphatic heterocycles. The fourth-order valence-electron chi connectivity index (χ4n) is 1.08. The summed E-state index contributed by atoms with van der Waals surface area (Å²) in [6, 6.07) is 0.578. The van der Waals surface area contributed by atoms with Gasteiger partial charge >= 0.3 is 5.97 Å². The fourth-order valence-corrected chi connectivity index (χ4v) is 1.40. The van der Waals surface area contributed by atoms with Crippen LogP contribution in [0, 0.1) is 11.6 Å². The van der Waals surface area contributed by atoms with Crippen LogP contribution >= 0.6 is 15.9 Å². The van der Waals surface area contributed by atoms with Gasteiger partial charge in [0, 0.05) is 6.07 Å². The van der Waals surface area contributed by atoms with E-state index in [0.29, 0.717) is 6.07 Å². The minimum atomic E-state index is -2.08. The molecule has 0 radical (unpaired) electrons. The van der Waals surface area contributed by atoms with Gasteiger partial charge in [0.15, 0.2) is 6.10 Å². The van der Waals surface area contributed by atoms with E-state index in [2.05, 4.69) is 20.7 Å². The van der Waals surface area contributed by atoms with Crippen molar-refractivity contribution in [3.63, 3.8) is 0 Å². The van der Waals surface area contributed by atoms with E-state index >= 15 is 0 Å². The van der Waals surface area contributed by atoms with Crippen molar-refractivity contribution in [1.82, 2.24) is 0 Å². The monoisotopic (exact) mass is 296 g/mol. The van der Waals surface area contributed by atoms with Crippen LogP contribution in [-0.4, -0.2) is 23.3 Å². The zero-order valence-corrected chi connectivity index (χ0v) is 9.59. The van der Waals surface area contributed by atoms with Crippen LogP contribution in [-0.2, 0) is 9.53 Å². The average molecular weight is 297 g/mol. The maximum atomic E-state index is 13.5.